The third-order valence-corrected chi connectivity index (χ3v) is 6.49. The van der Waals surface area contributed by atoms with E-state index in [4.69, 9.17) is 16.4 Å². The van der Waals surface area contributed by atoms with E-state index in [1.807, 2.05) is 47.5 Å². The Morgan fingerprint density at radius 2 is 2.12 bits per heavy atom. The van der Waals surface area contributed by atoms with Gasteiger partial charge in [-0.3, -0.25) is 9.48 Å². The summed E-state index contributed by atoms with van der Waals surface area (Å²) in [6.07, 6.45) is 6.41. The van der Waals surface area contributed by atoms with E-state index in [0.29, 0.717) is 29.3 Å². The maximum atomic E-state index is 12.5. The number of benzene rings is 1. The van der Waals surface area contributed by atoms with Crippen molar-refractivity contribution in [3.05, 3.63) is 65.5 Å². The average Bonchev–Trinajstić information content (AvgIpc) is 3.27. The first-order chi connectivity index (χ1) is 15.7. The van der Waals surface area contributed by atoms with Gasteiger partial charge in [0.05, 0.1) is 17.8 Å². The monoisotopic (exact) mass is 491 g/mol. The summed E-state index contributed by atoms with van der Waals surface area (Å²) in [5, 5.41) is 4.76. The summed E-state index contributed by atoms with van der Waals surface area (Å²) < 4.78 is 30.6. The zero-order valence-corrected chi connectivity index (χ0v) is 20.2. The number of hydrogen-bond acceptors (Lipinski definition) is 6. The summed E-state index contributed by atoms with van der Waals surface area (Å²) >= 11 is 6.10. The first-order valence-corrected chi connectivity index (χ1v) is 12.1. The molecule has 3 aromatic rings. The van der Waals surface area contributed by atoms with Gasteiger partial charge >= 0.3 is 0 Å². The maximum Gasteiger partial charge on any atom is 0.257 e. The van der Waals surface area contributed by atoms with Gasteiger partial charge < -0.3 is 9.40 Å². The Morgan fingerprint density at radius 3 is 2.82 bits per heavy atom. The van der Waals surface area contributed by atoms with Crippen molar-refractivity contribution in [2.45, 2.75) is 25.6 Å². The van der Waals surface area contributed by atoms with Gasteiger partial charge in [-0.1, -0.05) is 24.6 Å². The second-order valence-corrected chi connectivity index (χ2v) is 9.54. The van der Waals surface area contributed by atoms with E-state index < -0.39 is 21.3 Å². The minimum absolute atomic E-state index is 0.317. The first kappa shape index (κ1) is 24.7. The van der Waals surface area contributed by atoms with Crippen LogP contribution in [0.4, 0.5) is 0 Å². The molecule has 11 heteroatoms. The fourth-order valence-corrected chi connectivity index (χ4v) is 4.42. The molecule has 3 rings (SSSR count). The number of rotatable bonds is 10. The topological polar surface area (TPSA) is 107 Å². The van der Waals surface area contributed by atoms with E-state index in [1.54, 1.807) is 17.8 Å². The highest BCUT2D eigenvalue weighted by Crippen LogP contribution is 2.27. The number of nitrogens with zero attached hydrogens (tertiary/aromatic N) is 3. The predicted molar refractivity (Wildman–Crippen MR) is 129 cm³/mol. The first-order valence-electron chi connectivity index (χ1n) is 10.2. The van der Waals surface area contributed by atoms with Crippen LogP contribution in [0, 0.1) is 6.92 Å². The minimum Gasteiger partial charge on any atom is -0.301 e. The molecule has 0 saturated carbocycles. The lowest BCUT2D eigenvalue weighted by Gasteiger charge is -2.15. The Hall–Kier alpha value is -2.92. The van der Waals surface area contributed by atoms with E-state index in [-0.39, 0.29) is 0 Å². The van der Waals surface area contributed by atoms with Crippen molar-refractivity contribution in [1.82, 2.24) is 24.5 Å². The maximum absolute atomic E-state index is 12.5. The largest absolute Gasteiger partial charge is 0.301 e. The van der Waals surface area contributed by atoms with Crippen LogP contribution < -0.4 is 10.2 Å². The zero-order valence-electron chi connectivity index (χ0n) is 18.6. The summed E-state index contributed by atoms with van der Waals surface area (Å²) in [5.41, 5.74) is 4.64. The van der Waals surface area contributed by atoms with Crippen LogP contribution >= 0.6 is 11.6 Å². The quantitative estimate of drug-likeness (QED) is 0.195. The molecule has 2 aromatic heterocycles. The second-order valence-electron chi connectivity index (χ2n) is 7.30. The van der Waals surface area contributed by atoms with E-state index >= 15 is 0 Å². The summed E-state index contributed by atoms with van der Waals surface area (Å²) in [7, 11) is -2.30. The van der Waals surface area contributed by atoms with Crippen LogP contribution in [0.15, 0.2) is 49.2 Å². The molecule has 1 amide bonds. The molecule has 2 N–H and O–H groups in total. The van der Waals surface area contributed by atoms with Gasteiger partial charge in [-0.15, -0.1) is 6.58 Å². The van der Waals surface area contributed by atoms with Gasteiger partial charge in [0, 0.05) is 35.3 Å². The van der Waals surface area contributed by atoms with Crippen molar-refractivity contribution in [3.63, 3.8) is 0 Å². The van der Waals surface area contributed by atoms with E-state index in [9.17, 15) is 13.2 Å². The Bertz CT molecular complexity index is 1310. The van der Waals surface area contributed by atoms with Crippen LogP contribution in [0.1, 0.15) is 24.6 Å². The van der Waals surface area contributed by atoms with Gasteiger partial charge in [0.2, 0.25) is 0 Å². The molecule has 2 heterocycles. The fraction of sp³-hybridized carbons (Fsp3) is 0.273. The van der Waals surface area contributed by atoms with Crippen molar-refractivity contribution in [1.29, 1.82) is 0 Å². The molecule has 176 valence electrons. The van der Waals surface area contributed by atoms with E-state index in [0.717, 1.165) is 28.9 Å². The molecule has 0 radical (unpaired) electrons. The number of nitrogens with one attached hydrogen (secondary N) is 2. The Balaban J connectivity index is 1.86. The van der Waals surface area contributed by atoms with Crippen molar-refractivity contribution in [2.24, 2.45) is 7.05 Å². The van der Waals surface area contributed by atoms with Gasteiger partial charge in [0.15, 0.2) is 5.37 Å². The van der Waals surface area contributed by atoms with Crippen molar-refractivity contribution in [2.75, 3.05) is 6.61 Å². The number of carbonyl (C=O) groups excluding carboxylic acids is 1. The van der Waals surface area contributed by atoms with Gasteiger partial charge in [-0.2, -0.15) is 10.6 Å². The van der Waals surface area contributed by atoms with Crippen LogP contribution in [0.3, 0.4) is 0 Å². The summed E-state index contributed by atoms with van der Waals surface area (Å²) in [5.74, 6) is -0.0900. The number of hydrogen-bond donors (Lipinski definition) is 2. The molecule has 0 spiro atoms. The molecule has 0 fully saturated rings. The molecule has 0 aliphatic carbocycles. The van der Waals surface area contributed by atoms with Crippen LogP contribution in [-0.2, 0) is 26.7 Å². The Labute approximate surface area is 197 Å². The molecule has 1 aromatic carbocycles. The number of aryl methyl sites for hydroxylation is 2. The van der Waals surface area contributed by atoms with Crippen LogP contribution in [-0.4, -0.2) is 40.7 Å². The predicted octanol–water partition coefficient (Wildman–Crippen LogP) is 3.23. The number of aromatic nitrogens is 3. The summed E-state index contributed by atoms with van der Waals surface area (Å²) in [4.78, 5) is 17.5. The average molecular weight is 492 g/mol. The number of halogens is 1. The third-order valence-electron chi connectivity index (χ3n) is 4.82. The highest BCUT2D eigenvalue weighted by molar-refractivity contribution is 7.90. The molecule has 0 aliphatic heterocycles. The summed E-state index contributed by atoms with van der Waals surface area (Å²) in [6.45, 7) is 7.48. The SMILES string of the molecule is C=CC(NOCCC)S(=O)(=O)NC(=O)/C=C/c1c(C)nn(C)c1-n1ccc2cc(Cl)ccc21. The minimum atomic E-state index is -4.09. The van der Waals surface area contributed by atoms with E-state index in [1.165, 1.54) is 6.08 Å². The smallest absolute Gasteiger partial charge is 0.257 e. The summed E-state index contributed by atoms with van der Waals surface area (Å²) in [6, 6.07) is 7.49. The van der Waals surface area contributed by atoms with Gasteiger partial charge in [0.1, 0.15) is 5.82 Å². The molecule has 1 unspecified atom stereocenters. The number of fused-ring (bicyclic) bond motifs is 1. The molecular formula is C22H26ClN5O4S. The molecule has 1 atom stereocenters. The Kier molecular flexibility index (Phi) is 7.75. The number of carbonyl (C=O) groups is 1. The molecule has 9 nitrogen and oxygen atoms in total. The molecule has 0 bridgehead atoms. The van der Waals surface area contributed by atoms with Crippen LogP contribution in [0.2, 0.25) is 5.02 Å². The van der Waals surface area contributed by atoms with Crippen LogP contribution in [0.25, 0.3) is 22.8 Å². The molecule has 33 heavy (non-hydrogen) atoms. The van der Waals surface area contributed by atoms with E-state index in [2.05, 4.69) is 17.2 Å². The molecule has 0 aliphatic rings. The standard InChI is InChI=1S/C22H26ClN5O4S/c1-5-13-32-25-21(6-2)33(30,31)26-20(29)10-8-18-15(3)24-27(4)22(18)28-12-11-16-14-17(23)7-9-19(16)28/h6-12,14,21,25H,2,5,13H2,1,3-4H3,(H,26,29)/b10-8+. The lowest BCUT2D eigenvalue weighted by atomic mass is 10.2. The number of amides is 1. The molecular weight excluding hydrogens is 466 g/mol. The highest BCUT2D eigenvalue weighted by Gasteiger charge is 2.24. The van der Waals surface area contributed by atoms with Gasteiger partial charge in [0.25, 0.3) is 15.9 Å². The van der Waals surface area contributed by atoms with Crippen LogP contribution in [0.5, 0.6) is 0 Å². The lowest BCUT2D eigenvalue weighted by molar-refractivity contribution is -0.114. The molecule has 0 saturated heterocycles. The van der Waals surface area contributed by atoms with Gasteiger partial charge in [-0.25, -0.2) is 13.1 Å². The number of hydroxylamine groups is 1. The van der Waals surface area contributed by atoms with Crippen molar-refractivity contribution < 1.29 is 18.0 Å². The fourth-order valence-electron chi connectivity index (χ4n) is 3.32. The normalized spacial score (nSPS) is 13.0. The van der Waals surface area contributed by atoms with Gasteiger partial charge in [-0.05, 0) is 43.7 Å². The third kappa shape index (κ3) is 5.53. The second kappa shape index (κ2) is 10.3. The van der Waals surface area contributed by atoms with Crippen molar-refractivity contribution >= 4 is 44.5 Å². The Morgan fingerprint density at radius 1 is 1.36 bits per heavy atom. The van der Waals surface area contributed by atoms with Crippen molar-refractivity contribution in [3.8, 4) is 5.82 Å². The lowest BCUT2D eigenvalue weighted by Crippen LogP contribution is -2.44. The highest BCUT2D eigenvalue weighted by atomic mass is 35.5. The number of sulfonamides is 1. The zero-order chi connectivity index (χ0) is 24.2.